The molecule has 2 saturated carbocycles. The Morgan fingerprint density at radius 2 is 1.20 bits per heavy atom. The van der Waals surface area contributed by atoms with E-state index in [4.69, 9.17) is 9.47 Å². The van der Waals surface area contributed by atoms with Gasteiger partial charge in [-0.2, -0.15) is 0 Å². The first-order valence-electron chi connectivity index (χ1n) is 19.4. The maximum Gasteiger partial charge on any atom is 0.331 e. The minimum Gasteiger partial charge on any atom is -0.450 e. The van der Waals surface area contributed by atoms with Gasteiger partial charge in [0.05, 0.1) is 24.2 Å². The Morgan fingerprint density at radius 1 is 0.740 bits per heavy atom. The molecule has 8 atom stereocenters. The van der Waals surface area contributed by atoms with Crippen LogP contribution in [0.1, 0.15) is 112 Å². The number of fused-ring (bicyclic) bond motifs is 6. The van der Waals surface area contributed by atoms with Crippen molar-refractivity contribution in [1.82, 2.24) is 19.6 Å². The van der Waals surface area contributed by atoms with Crippen LogP contribution >= 0.6 is 0 Å². The largest absolute Gasteiger partial charge is 0.450 e. The minimum atomic E-state index is -0.533. The monoisotopic (exact) mass is 682 g/mol. The second-order valence-electron chi connectivity index (χ2n) is 16.1. The molecule has 2 spiro atoms. The predicted molar refractivity (Wildman–Crippen MR) is 185 cm³/mol. The van der Waals surface area contributed by atoms with Crippen LogP contribution in [0.4, 0.5) is 0 Å². The van der Waals surface area contributed by atoms with Crippen molar-refractivity contribution in [2.45, 2.75) is 138 Å². The van der Waals surface area contributed by atoms with Gasteiger partial charge >= 0.3 is 11.9 Å². The van der Waals surface area contributed by atoms with Crippen LogP contribution in [0.15, 0.2) is 47.6 Å². The van der Waals surface area contributed by atoms with Crippen LogP contribution < -0.4 is 0 Å². The molecule has 2 aliphatic carbocycles. The van der Waals surface area contributed by atoms with Gasteiger partial charge in [0.25, 0.3) is 11.8 Å². The average molecular weight is 683 g/mol. The van der Waals surface area contributed by atoms with Crippen LogP contribution in [0.3, 0.4) is 0 Å². The van der Waals surface area contributed by atoms with E-state index in [1.54, 1.807) is 18.2 Å². The highest BCUT2D eigenvalue weighted by atomic mass is 16.6. The molecule has 0 unspecified atom stereocenters. The summed E-state index contributed by atoms with van der Waals surface area (Å²) in [5.41, 5.74) is 2.08. The number of benzene rings is 1. The van der Waals surface area contributed by atoms with Gasteiger partial charge in [-0.05, 0) is 93.8 Å². The number of carbonyl (C=O) groups excluding carboxylic acids is 4. The number of carbonyl (C=O) groups is 4. The summed E-state index contributed by atoms with van der Waals surface area (Å²) in [5, 5.41) is 0. The summed E-state index contributed by atoms with van der Waals surface area (Å²) in [6.45, 7) is 7.33. The van der Waals surface area contributed by atoms with Crippen molar-refractivity contribution in [2.75, 3.05) is 26.2 Å². The fraction of sp³-hybridized carbons (Fsp3) is 0.650. The molecule has 4 bridgehead atoms. The van der Waals surface area contributed by atoms with E-state index in [9.17, 15) is 19.2 Å². The highest BCUT2D eigenvalue weighted by Gasteiger charge is 2.66. The van der Waals surface area contributed by atoms with Gasteiger partial charge in [-0.25, -0.2) is 9.59 Å². The van der Waals surface area contributed by atoms with Gasteiger partial charge in [0.1, 0.15) is 0 Å². The topological polar surface area (TPSA) is 99.7 Å². The number of nitrogens with zero attached hydrogens (tertiary/aromatic N) is 4. The number of hydrogen-bond donors (Lipinski definition) is 0. The molecule has 9 rings (SSSR count). The molecule has 6 fully saturated rings. The molecule has 10 heteroatoms. The van der Waals surface area contributed by atoms with E-state index >= 15 is 0 Å². The van der Waals surface area contributed by atoms with Crippen molar-refractivity contribution in [2.24, 2.45) is 0 Å². The van der Waals surface area contributed by atoms with Crippen LogP contribution in [0.2, 0.25) is 0 Å². The zero-order valence-corrected chi connectivity index (χ0v) is 29.5. The molecule has 6 heterocycles. The molecule has 6 aliphatic heterocycles. The average Bonchev–Trinajstić information content (AvgIpc) is 3.82. The Balaban J connectivity index is 1.01. The summed E-state index contributed by atoms with van der Waals surface area (Å²) in [6, 6.07) is 7.83. The number of esters is 2. The summed E-state index contributed by atoms with van der Waals surface area (Å²) in [5.74, 6) is -0.617. The van der Waals surface area contributed by atoms with E-state index in [0.29, 0.717) is 37.1 Å². The molecule has 1 aromatic carbocycles. The van der Waals surface area contributed by atoms with Crippen LogP contribution in [-0.4, -0.2) is 117 Å². The molecule has 0 radical (unpaired) electrons. The smallest absolute Gasteiger partial charge is 0.331 e. The van der Waals surface area contributed by atoms with Crippen LogP contribution in [-0.2, 0) is 19.1 Å². The summed E-state index contributed by atoms with van der Waals surface area (Å²) in [4.78, 5) is 63.7. The van der Waals surface area contributed by atoms with Gasteiger partial charge in [-0.3, -0.25) is 19.4 Å². The van der Waals surface area contributed by atoms with Gasteiger partial charge in [0.15, 0.2) is 11.2 Å². The number of amides is 2. The first-order valence-corrected chi connectivity index (χ1v) is 19.4. The maximum atomic E-state index is 14.6. The number of hydrogen-bond acceptors (Lipinski definition) is 8. The van der Waals surface area contributed by atoms with Gasteiger partial charge in [-0.15, -0.1) is 0 Å². The fourth-order valence-corrected chi connectivity index (χ4v) is 11.8. The molecule has 8 aliphatic rings. The Bertz CT molecular complexity index is 1570. The molecule has 0 N–H and O–H groups in total. The Morgan fingerprint density at radius 3 is 1.64 bits per heavy atom. The molecular weight excluding hydrogens is 632 g/mol. The second kappa shape index (κ2) is 12.0. The Hall–Kier alpha value is -3.50. The van der Waals surface area contributed by atoms with E-state index in [1.807, 2.05) is 28.0 Å². The van der Waals surface area contributed by atoms with Gasteiger partial charge in [0, 0.05) is 61.3 Å². The Kier molecular flexibility index (Phi) is 7.81. The van der Waals surface area contributed by atoms with Gasteiger partial charge in [0.2, 0.25) is 0 Å². The summed E-state index contributed by atoms with van der Waals surface area (Å²) < 4.78 is 12.2. The van der Waals surface area contributed by atoms with Gasteiger partial charge < -0.3 is 19.3 Å². The minimum absolute atomic E-state index is 0.0616. The third-order valence-electron chi connectivity index (χ3n) is 13.6. The molecule has 50 heavy (non-hydrogen) atoms. The molecule has 266 valence electrons. The van der Waals surface area contributed by atoms with E-state index in [1.165, 1.54) is 0 Å². The second-order valence-corrected chi connectivity index (χ2v) is 16.1. The van der Waals surface area contributed by atoms with E-state index in [2.05, 4.69) is 23.6 Å². The highest BCUT2D eigenvalue weighted by molar-refractivity contribution is 6.00. The van der Waals surface area contributed by atoms with Crippen LogP contribution in [0.25, 0.3) is 0 Å². The number of ether oxygens (including phenoxy) is 2. The molecule has 4 saturated heterocycles. The van der Waals surface area contributed by atoms with Crippen molar-refractivity contribution in [3.63, 3.8) is 0 Å². The fourth-order valence-electron chi connectivity index (χ4n) is 11.8. The highest BCUT2D eigenvalue weighted by Crippen LogP contribution is 2.56. The lowest BCUT2D eigenvalue weighted by atomic mass is 9.75. The summed E-state index contributed by atoms with van der Waals surface area (Å²) >= 11 is 0. The van der Waals surface area contributed by atoms with Crippen molar-refractivity contribution >= 4 is 23.8 Å². The molecule has 1 aromatic rings. The third kappa shape index (κ3) is 4.65. The number of rotatable bonds is 8. The molecular formula is C40H50N4O6. The van der Waals surface area contributed by atoms with Crippen molar-refractivity contribution in [3.05, 3.63) is 58.7 Å². The van der Waals surface area contributed by atoms with E-state index in [0.717, 1.165) is 88.4 Å². The Labute approximate surface area is 294 Å². The first kappa shape index (κ1) is 32.4. The summed E-state index contributed by atoms with van der Waals surface area (Å²) in [7, 11) is 0. The van der Waals surface area contributed by atoms with Crippen LogP contribution in [0.5, 0.6) is 0 Å². The first-order chi connectivity index (χ1) is 24.3. The molecule has 10 nitrogen and oxygen atoms in total. The molecule has 0 aromatic heterocycles. The zero-order valence-electron chi connectivity index (χ0n) is 29.5. The van der Waals surface area contributed by atoms with Crippen LogP contribution in [0, 0.1) is 0 Å². The van der Waals surface area contributed by atoms with Crippen molar-refractivity contribution in [3.8, 4) is 0 Å². The van der Waals surface area contributed by atoms with Crippen molar-refractivity contribution in [1.29, 1.82) is 0 Å². The maximum absolute atomic E-state index is 14.6. The lowest BCUT2D eigenvalue weighted by molar-refractivity contribution is -0.149. The quantitative estimate of drug-likeness (QED) is 0.366. The SMILES string of the molecule is CCCN(C(=O)c1cccc(C(=O)N(CCC)[C@H]2CC3=CC(=O)O[C@@]34C[C@@H]2N2CCCC[C@@H]24)c1)[C@@H]1CC2=CC(=O)O[C@@]23C[C@@H]1N1CCCC[C@@H]13. The third-order valence-corrected chi connectivity index (χ3v) is 13.6. The molecule has 2 amide bonds. The van der Waals surface area contributed by atoms with Gasteiger partial charge in [-0.1, -0.05) is 32.8 Å². The van der Waals surface area contributed by atoms with Crippen molar-refractivity contribution < 1.29 is 28.7 Å². The predicted octanol–water partition coefficient (Wildman–Crippen LogP) is 4.63. The van der Waals surface area contributed by atoms with E-state index < -0.39 is 11.2 Å². The standard InChI is InChI=1S/C40H50N4O6/c1-3-14-43(29-19-27-21-35(45)49-39(27)23-31(29)41-16-7-5-12-33(39)41)37(47)25-10-9-11-26(18-25)38(48)44(15-4-2)30-20-28-22-36(46)50-40(28)24-32(30)42-17-8-6-13-34(40)42/h9-11,18,21-22,29-34H,3-8,12-17,19-20,23-24H2,1-2H3/t29-,30+,31-,32-,33+,34+,39-,40-/m0/s1. The van der Waals surface area contributed by atoms with E-state index in [-0.39, 0.29) is 60.0 Å². The number of piperidine rings is 2. The zero-order chi connectivity index (χ0) is 34.4. The lowest BCUT2D eigenvalue weighted by Crippen LogP contribution is -2.54. The lowest BCUT2D eigenvalue weighted by Gasteiger charge is -2.42. The normalized spacial score (nSPS) is 36.8. The summed E-state index contributed by atoms with van der Waals surface area (Å²) in [6.07, 6.45) is 14.3.